The normalized spacial score (nSPS) is 11.2. The standard InChI is InChI=1S/C17H16N4O3/c1-11-6-7-15-18-14(9-16(22)23)17(21(15)10-11)20-19-12-4-3-5-13(8-12)24-2/h3-8,10H,9H2,1-2H3,(H,22,23). The Morgan fingerprint density at radius 3 is 2.88 bits per heavy atom. The van der Waals surface area contributed by atoms with Crippen LogP contribution in [0.1, 0.15) is 11.3 Å². The van der Waals surface area contributed by atoms with E-state index >= 15 is 0 Å². The third kappa shape index (κ3) is 3.24. The van der Waals surface area contributed by atoms with E-state index in [2.05, 4.69) is 15.2 Å². The molecule has 2 aromatic heterocycles. The predicted octanol–water partition coefficient (Wildman–Crippen LogP) is 3.69. The fraction of sp³-hybridized carbons (Fsp3) is 0.176. The summed E-state index contributed by atoms with van der Waals surface area (Å²) >= 11 is 0. The summed E-state index contributed by atoms with van der Waals surface area (Å²) in [5.41, 5.74) is 2.63. The predicted molar refractivity (Wildman–Crippen MR) is 88.4 cm³/mol. The minimum absolute atomic E-state index is 0.215. The van der Waals surface area contributed by atoms with Gasteiger partial charge in [-0.2, -0.15) is 0 Å². The summed E-state index contributed by atoms with van der Waals surface area (Å²) in [6.45, 7) is 1.94. The average molecular weight is 324 g/mol. The highest BCUT2D eigenvalue weighted by molar-refractivity contribution is 5.72. The Bertz CT molecular complexity index is 931. The zero-order valence-corrected chi connectivity index (χ0v) is 13.3. The molecule has 3 aromatic rings. The molecule has 0 unspecified atom stereocenters. The summed E-state index contributed by atoms with van der Waals surface area (Å²) in [4.78, 5) is 15.4. The van der Waals surface area contributed by atoms with Crippen molar-refractivity contribution in [1.29, 1.82) is 0 Å². The minimum atomic E-state index is -0.965. The van der Waals surface area contributed by atoms with Crippen LogP contribution in [-0.4, -0.2) is 27.6 Å². The number of carboxylic acids is 1. The van der Waals surface area contributed by atoms with Crippen molar-refractivity contribution in [3.8, 4) is 5.75 Å². The fourth-order valence-electron chi connectivity index (χ4n) is 2.33. The number of rotatable bonds is 5. The first kappa shape index (κ1) is 15.7. The number of hydrogen-bond acceptors (Lipinski definition) is 5. The molecule has 24 heavy (non-hydrogen) atoms. The summed E-state index contributed by atoms with van der Waals surface area (Å²) in [6, 6.07) is 10.9. The van der Waals surface area contributed by atoms with E-state index in [-0.39, 0.29) is 6.42 Å². The number of aromatic nitrogens is 2. The minimum Gasteiger partial charge on any atom is -0.497 e. The largest absolute Gasteiger partial charge is 0.497 e. The molecule has 0 bridgehead atoms. The highest BCUT2D eigenvalue weighted by Gasteiger charge is 2.15. The topological polar surface area (TPSA) is 88.5 Å². The van der Waals surface area contributed by atoms with Gasteiger partial charge in [0.05, 0.1) is 24.9 Å². The van der Waals surface area contributed by atoms with Gasteiger partial charge in [0.2, 0.25) is 0 Å². The van der Waals surface area contributed by atoms with E-state index in [1.54, 1.807) is 23.6 Å². The fourth-order valence-corrected chi connectivity index (χ4v) is 2.33. The number of aliphatic carboxylic acids is 1. The van der Waals surface area contributed by atoms with E-state index in [0.29, 0.717) is 28.6 Å². The van der Waals surface area contributed by atoms with E-state index in [0.717, 1.165) is 5.56 Å². The molecule has 0 aliphatic heterocycles. The molecular formula is C17H16N4O3. The quantitative estimate of drug-likeness (QED) is 0.725. The number of carbonyl (C=O) groups is 1. The Morgan fingerprint density at radius 2 is 2.12 bits per heavy atom. The molecule has 0 radical (unpaired) electrons. The molecule has 1 N–H and O–H groups in total. The van der Waals surface area contributed by atoms with Crippen LogP contribution in [0.5, 0.6) is 5.75 Å². The van der Waals surface area contributed by atoms with Gasteiger partial charge in [0.15, 0.2) is 5.82 Å². The Morgan fingerprint density at radius 1 is 1.29 bits per heavy atom. The molecule has 0 amide bonds. The second kappa shape index (κ2) is 6.49. The van der Waals surface area contributed by atoms with E-state index in [1.807, 2.05) is 37.4 Å². The second-order valence-corrected chi connectivity index (χ2v) is 5.29. The highest BCUT2D eigenvalue weighted by atomic mass is 16.5. The van der Waals surface area contributed by atoms with Gasteiger partial charge in [0.1, 0.15) is 11.4 Å². The molecule has 1 aromatic carbocycles. The Kier molecular flexibility index (Phi) is 4.24. The molecule has 0 saturated heterocycles. The molecule has 122 valence electrons. The third-order valence-electron chi connectivity index (χ3n) is 3.44. The zero-order valence-electron chi connectivity index (χ0n) is 13.3. The van der Waals surface area contributed by atoms with Crippen LogP contribution in [0.15, 0.2) is 52.8 Å². The van der Waals surface area contributed by atoms with Gasteiger partial charge in [-0.3, -0.25) is 9.20 Å². The number of hydrogen-bond donors (Lipinski definition) is 1. The molecule has 0 spiro atoms. The zero-order chi connectivity index (χ0) is 17.1. The lowest BCUT2D eigenvalue weighted by atomic mass is 10.3. The summed E-state index contributed by atoms with van der Waals surface area (Å²) in [5, 5.41) is 17.5. The van der Waals surface area contributed by atoms with E-state index in [1.165, 1.54) is 0 Å². The smallest absolute Gasteiger partial charge is 0.309 e. The molecule has 7 nitrogen and oxygen atoms in total. The van der Waals surface area contributed by atoms with Gasteiger partial charge in [-0.25, -0.2) is 4.98 Å². The molecule has 7 heteroatoms. The number of ether oxygens (including phenoxy) is 1. The summed E-state index contributed by atoms with van der Waals surface area (Å²) < 4.78 is 6.90. The van der Waals surface area contributed by atoms with Gasteiger partial charge >= 0.3 is 5.97 Å². The van der Waals surface area contributed by atoms with Gasteiger partial charge in [-0.15, -0.1) is 10.2 Å². The molecule has 0 saturated carbocycles. The van der Waals surface area contributed by atoms with E-state index < -0.39 is 5.97 Å². The molecule has 3 rings (SSSR count). The SMILES string of the molecule is COc1cccc(N=Nc2c(CC(=O)O)nc3ccc(C)cn23)c1. The van der Waals surface area contributed by atoms with E-state index in [9.17, 15) is 4.79 Å². The van der Waals surface area contributed by atoms with Gasteiger partial charge in [-0.05, 0) is 30.7 Å². The van der Waals surface area contributed by atoms with Crippen molar-refractivity contribution in [2.24, 2.45) is 10.2 Å². The number of imidazole rings is 1. The first-order chi connectivity index (χ1) is 11.6. The van der Waals surface area contributed by atoms with Crippen molar-refractivity contribution in [2.75, 3.05) is 7.11 Å². The van der Waals surface area contributed by atoms with Crippen molar-refractivity contribution in [2.45, 2.75) is 13.3 Å². The van der Waals surface area contributed by atoms with Crippen LogP contribution < -0.4 is 4.74 Å². The maximum atomic E-state index is 11.1. The molecular weight excluding hydrogens is 308 g/mol. The highest BCUT2D eigenvalue weighted by Crippen LogP contribution is 2.26. The monoisotopic (exact) mass is 324 g/mol. The van der Waals surface area contributed by atoms with Crippen LogP contribution in [0.3, 0.4) is 0 Å². The number of benzene rings is 1. The first-order valence-electron chi connectivity index (χ1n) is 7.32. The number of methoxy groups -OCH3 is 1. The number of carboxylic acid groups (broad SMARTS) is 1. The lowest BCUT2D eigenvalue weighted by molar-refractivity contribution is -0.136. The van der Waals surface area contributed by atoms with Crippen LogP contribution in [0, 0.1) is 6.92 Å². The summed E-state index contributed by atoms with van der Waals surface area (Å²) in [6.07, 6.45) is 1.64. The van der Waals surface area contributed by atoms with Gasteiger partial charge in [0.25, 0.3) is 0 Å². The van der Waals surface area contributed by atoms with Crippen LogP contribution >= 0.6 is 0 Å². The van der Waals surface area contributed by atoms with Gasteiger partial charge in [0, 0.05) is 12.3 Å². The molecule has 0 fully saturated rings. The van der Waals surface area contributed by atoms with Crippen LogP contribution in [0.25, 0.3) is 5.65 Å². The number of fused-ring (bicyclic) bond motifs is 1. The lowest BCUT2D eigenvalue weighted by Gasteiger charge is -2.00. The Labute approximate surface area is 138 Å². The van der Waals surface area contributed by atoms with Crippen molar-refractivity contribution in [3.05, 3.63) is 53.9 Å². The van der Waals surface area contributed by atoms with Crippen LogP contribution in [0.4, 0.5) is 11.5 Å². The molecule has 2 heterocycles. The Hall–Kier alpha value is -3.22. The average Bonchev–Trinajstić information content (AvgIpc) is 2.89. The van der Waals surface area contributed by atoms with Crippen molar-refractivity contribution < 1.29 is 14.6 Å². The third-order valence-corrected chi connectivity index (χ3v) is 3.44. The lowest BCUT2D eigenvalue weighted by Crippen LogP contribution is -2.00. The number of pyridine rings is 1. The van der Waals surface area contributed by atoms with Gasteiger partial charge < -0.3 is 9.84 Å². The van der Waals surface area contributed by atoms with Crippen molar-refractivity contribution in [3.63, 3.8) is 0 Å². The molecule has 0 aliphatic carbocycles. The van der Waals surface area contributed by atoms with E-state index in [4.69, 9.17) is 9.84 Å². The van der Waals surface area contributed by atoms with Crippen molar-refractivity contribution >= 4 is 23.1 Å². The summed E-state index contributed by atoms with van der Waals surface area (Å²) in [5.74, 6) is 0.123. The van der Waals surface area contributed by atoms with Crippen molar-refractivity contribution in [1.82, 2.24) is 9.38 Å². The van der Waals surface area contributed by atoms with Crippen LogP contribution in [0.2, 0.25) is 0 Å². The summed E-state index contributed by atoms with van der Waals surface area (Å²) in [7, 11) is 1.58. The number of nitrogens with zero attached hydrogens (tertiary/aromatic N) is 4. The number of azo groups is 1. The molecule has 0 atom stereocenters. The second-order valence-electron chi connectivity index (χ2n) is 5.29. The maximum absolute atomic E-state index is 11.1. The maximum Gasteiger partial charge on any atom is 0.309 e. The molecule has 0 aliphatic rings. The van der Waals surface area contributed by atoms with Crippen LogP contribution in [-0.2, 0) is 11.2 Å². The Balaban J connectivity index is 2.07. The van der Waals surface area contributed by atoms with Gasteiger partial charge in [-0.1, -0.05) is 12.1 Å². The number of aryl methyl sites for hydroxylation is 1. The first-order valence-corrected chi connectivity index (χ1v) is 7.32.